The minimum atomic E-state index is -4.51. The Morgan fingerprint density at radius 2 is 2.19 bits per heavy atom. The highest BCUT2D eigenvalue weighted by Gasteiger charge is 2.31. The van der Waals surface area contributed by atoms with Crippen LogP contribution in [0, 0.1) is 0 Å². The number of hydrogen-bond donors (Lipinski definition) is 3. The fourth-order valence-corrected chi connectivity index (χ4v) is 1.58. The Kier molecular flexibility index (Phi) is 5.51. The highest BCUT2D eigenvalue weighted by molar-refractivity contribution is 5.96. The molecular formula is C12H15F3N4O2. The van der Waals surface area contributed by atoms with Crippen molar-refractivity contribution in [2.24, 2.45) is 10.9 Å². The highest BCUT2D eigenvalue weighted by atomic mass is 19.4. The Morgan fingerprint density at radius 1 is 1.52 bits per heavy atom. The molecule has 1 heterocycles. The molecule has 0 aliphatic heterocycles. The van der Waals surface area contributed by atoms with Gasteiger partial charge in [-0.05, 0) is 18.6 Å². The summed E-state index contributed by atoms with van der Waals surface area (Å²) in [6.07, 6.45) is -2.86. The maximum absolute atomic E-state index is 12.4. The molecule has 1 rings (SSSR count). The summed E-state index contributed by atoms with van der Waals surface area (Å²) in [7, 11) is 0. The van der Waals surface area contributed by atoms with Gasteiger partial charge in [0.15, 0.2) is 5.84 Å². The molecule has 1 unspecified atom stereocenters. The molecule has 21 heavy (non-hydrogen) atoms. The SMILES string of the molecule is CCCC(NC(=O)c1ccc(C(F)(F)F)cn1)/C(N)=N/O. The van der Waals surface area contributed by atoms with Gasteiger partial charge in [0, 0.05) is 6.20 Å². The molecule has 0 saturated carbocycles. The van der Waals surface area contributed by atoms with Gasteiger partial charge < -0.3 is 16.3 Å². The first-order chi connectivity index (χ1) is 9.79. The third-order valence-corrected chi connectivity index (χ3v) is 2.68. The summed E-state index contributed by atoms with van der Waals surface area (Å²) >= 11 is 0. The molecule has 4 N–H and O–H groups in total. The first-order valence-corrected chi connectivity index (χ1v) is 6.11. The monoisotopic (exact) mass is 304 g/mol. The van der Waals surface area contributed by atoms with Crippen LogP contribution in [0.3, 0.4) is 0 Å². The maximum Gasteiger partial charge on any atom is 0.417 e. The zero-order valence-electron chi connectivity index (χ0n) is 11.2. The third-order valence-electron chi connectivity index (χ3n) is 2.68. The summed E-state index contributed by atoms with van der Waals surface area (Å²) in [4.78, 5) is 15.3. The van der Waals surface area contributed by atoms with Gasteiger partial charge in [0.25, 0.3) is 5.91 Å². The lowest BCUT2D eigenvalue weighted by atomic mass is 10.1. The van der Waals surface area contributed by atoms with E-state index in [1.54, 1.807) is 0 Å². The number of alkyl halides is 3. The summed E-state index contributed by atoms with van der Waals surface area (Å²) < 4.78 is 37.1. The molecule has 0 aromatic carbocycles. The molecule has 0 bridgehead atoms. The number of oxime groups is 1. The first-order valence-electron chi connectivity index (χ1n) is 6.11. The minimum Gasteiger partial charge on any atom is -0.409 e. The average Bonchev–Trinajstić information content (AvgIpc) is 2.45. The quantitative estimate of drug-likeness (QED) is 0.334. The number of aromatic nitrogens is 1. The first kappa shape index (κ1) is 16.7. The molecule has 0 spiro atoms. The number of carbonyl (C=O) groups is 1. The number of carbonyl (C=O) groups excluding carboxylic acids is 1. The van der Waals surface area contributed by atoms with Crippen LogP contribution >= 0.6 is 0 Å². The van der Waals surface area contributed by atoms with Gasteiger partial charge in [-0.1, -0.05) is 18.5 Å². The summed E-state index contributed by atoms with van der Waals surface area (Å²) in [5.41, 5.74) is 4.30. The standard InChI is InChI=1S/C12H15F3N4O2/c1-2-3-8(10(16)19-21)18-11(20)9-5-4-7(6-17-9)12(13,14)15/h4-6,8,21H,2-3H2,1H3,(H2,16,19)(H,18,20). The second-order valence-electron chi connectivity index (χ2n) is 4.27. The Bertz CT molecular complexity index is 514. The van der Waals surface area contributed by atoms with Gasteiger partial charge in [-0.25, -0.2) is 0 Å². The summed E-state index contributed by atoms with van der Waals surface area (Å²) in [6, 6.07) is 1.02. The number of nitrogens with zero attached hydrogens (tertiary/aromatic N) is 2. The Labute approximate surface area is 118 Å². The van der Waals surface area contributed by atoms with Gasteiger partial charge in [-0.2, -0.15) is 13.2 Å². The predicted octanol–water partition coefficient (Wildman–Crippen LogP) is 1.75. The van der Waals surface area contributed by atoms with Crippen molar-refractivity contribution in [3.63, 3.8) is 0 Å². The van der Waals surface area contributed by atoms with E-state index in [0.717, 1.165) is 12.1 Å². The third kappa shape index (κ3) is 4.62. The summed E-state index contributed by atoms with van der Waals surface area (Å²) in [5.74, 6) is -0.883. The van der Waals surface area contributed by atoms with Crippen molar-refractivity contribution in [1.82, 2.24) is 10.3 Å². The number of rotatable bonds is 5. The van der Waals surface area contributed by atoms with Gasteiger partial charge in [0.2, 0.25) is 0 Å². The van der Waals surface area contributed by atoms with Crippen molar-refractivity contribution in [1.29, 1.82) is 0 Å². The number of halogens is 3. The molecular weight excluding hydrogens is 289 g/mol. The van der Waals surface area contributed by atoms with E-state index in [1.165, 1.54) is 0 Å². The molecule has 0 saturated heterocycles. The molecule has 0 aliphatic carbocycles. The van der Waals surface area contributed by atoms with Crippen LogP contribution in [0.4, 0.5) is 13.2 Å². The van der Waals surface area contributed by atoms with E-state index < -0.39 is 23.7 Å². The van der Waals surface area contributed by atoms with Crippen LogP contribution in [-0.4, -0.2) is 28.0 Å². The lowest BCUT2D eigenvalue weighted by Crippen LogP contribution is -2.44. The van der Waals surface area contributed by atoms with Crippen LogP contribution in [0.2, 0.25) is 0 Å². The van der Waals surface area contributed by atoms with Crippen LogP contribution in [-0.2, 0) is 6.18 Å². The fourth-order valence-electron chi connectivity index (χ4n) is 1.58. The van der Waals surface area contributed by atoms with Gasteiger partial charge in [0.1, 0.15) is 5.69 Å². The molecule has 116 valence electrons. The molecule has 1 amide bonds. The van der Waals surface area contributed by atoms with Crippen LogP contribution in [0.5, 0.6) is 0 Å². The van der Waals surface area contributed by atoms with Crippen molar-refractivity contribution in [3.05, 3.63) is 29.6 Å². The van der Waals surface area contributed by atoms with Crippen molar-refractivity contribution < 1.29 is 23.2 Å². The van der Waals surface area contributed by atoms with Crippen molar-refractivity contribution in [3.8, 4) is 0 Å². The van der Waals surface area contributed by atoms with Crippen molar-refractivity contribution in [2.45, 2.75) is 32.0 Å². The number of amidine groups is 1. The van der Waals surface area contributed by atoms with E-state index in [1.807, 2.05) is 6.92 Å². The smallest absolute Gasteiger partial charge is 0.409 e. The second-order valence-corrected chi connectivity index (χ2v) is 4.27. The fraction of sp³-hybridized carbons (Fsp3) is 0.417. The molecule has 1 aromatic rings. The van der Waals surface area contributed by atoms with Crippen LogP contribution in [0.25, 0.3) is 0 Å². The second kappa shape index (κ2) is 6.91. The molecule has 0 fully saturated rings. The number of nitrogens with two attached hydrogens (primary N) is 1. The van der Waals surface area contributed by atoms with Crippen molar-refractivity contribution in [2.75, 3.05) is 0 Å². The van der Waals surface area contributed by atoms with Gasteiger partial charge in [0.05, 0.1) is 11.6 Å². The topological polar surface area (TPSA) is 101 Å². The van der Waals surface area contributed by atoms with E-state index in [0.29, 0.717) is 19.0 Å². The normalized spacial score (nSPS) is 13.8. The number of amides is 1. The number of pyridine rings is 1. The Hall–Kier alpha value is -2.32. The number of hydrogen-bond acceptors (Lipinski definition) is 4. The predicted molar refractivity (Wildman–Crippen MR) is 68.8 cm³/mol. The van der Waals surface area contributed by atoms with Gasteiger partial charge in [-0.3, -0.25) is 9.78 Å². The van der Waals surface area contributed by atoms with E-state index in [4.69, 9.17) is 10.9 Å². The zero-order valence-corrected chi connectivity index (χ0v) is 11.2. The molecule has 1 atom stereocenters. The van der Waals surface area contributed by atoms with Gasteiger partial charge in [-0.15, -0.1) is 0 Å². The van der Waals surface area contributed by atoms with Crippen molar-refractivity contribution >= 4 is 11.7 Å². The van der Waals surface area contributed by atoms with Gasteiger partial charge >= 0.3 is 6.18 Å². The Balaban J connectivity index is 2.83. The molecule has 9 heteroatoms. The molecule has 0 aliphatic rings. The molecule has 0 radical (unpaired) electrons. The van der Waals surface area contributed by atoms with E-state index in [9.17, 15) is 18.0 Å². The highest BCUT2D eigenvalue weighted by Crippen LogP contribution is 2.28. The summed E-state index contributed by atoms with van der Waals surface area (Å²) in [6.45, 7) is 1.83. The maximum atomic E-state index is 12.4. The lowest BCUT2D eigenvalue weighted by Gasteiger charge is -2.16. The lowest BCUT2D eigenvalue weighted by molar-refractivity contribution is -0.137. The van der Waals surface area contributed by atoms with E-state index >= 15 is 0 Å². The minimum absolute atomic E-state index is 0.183. The molecule has 1 aromatic heterocycles. The van der Waals surface area contributed by atoms with E-state index in [2.05, 4.69) is 15.5 Å². The Morgan fingerprint density at radius 3 is 2.62 bits per heavy atom. The van der Waals surface area contributed by atoms with Crippen LogP contribution < -0.4 is 11.1 Å². The zero-order chi connectivity index (χ0) is 16.0. The summed E-state index contributed by atoms with van der Waals surface area (Å²) in [5, 5.41) is 13.9. The average molecular weight is 304 g/mol. The number of nitrogens with one attached hydrogen (secondary N) is 1. The largest absolute Gasteiger partial charge is 0.417 e. The van der Waals surface area contributed by atoms with Crippen LogP contribution in [0.15, 0.2) is 23.5 Å². The molecule has 6 nitrogen and oxygen atoms in total. The van der Waals surface area contributed by atoms with E-state index in [-0.39, 0.29) is 11.5 Å². The van der Waals surface area contributed by atoms with Crippen LogP contribution in [0.1, 0.15) is 35.8 Å².